The van der Waals surface area contributed by atoms with Gasteiger partial charge < -0.3 is 21.1 Å². The largest absolute Gasteiger partial charge is 0.488 e. The molecule has 1 rings (SSSR count). The molecule has 0 heterocycles. The Morgan fingerprint density at radius 1 is 0.370 bits per heavy atom. The molecule has 6 unspecified atom stereocenters. The second-order valence-corrected chi connectivity index (χ2v) is 14.3. The summed E-state index contributed by atoms with van der Waals surface area (Å²) in [6.45, 7) is -1.37. The summed E-state index contributed by atoms with van der Waals surface area (Å²) in [5.41, 5.74) is -2.02. The molecule has 0 radical (unpaired) electrons. The van der Waals surface area contributed by atoms with E-state index < -0.39 is 169 Å². The van der Waals surface area contributed by atoms with Gasteiger partial charge >= 0.3 is 128 Å². The number of anilines is 1. The Kier molecular flexibility index (Phi) is 19.3. The smallest absolute Gasteiger partial charge is 0.423 e. The first-order valence-corrected chi connectivity index (χ1v) is 17.7. The van der Waals surface area contributed by atoms with Crippen LogP contribution >= 0.6 is 0 Å². The van der Waals surface area contributed by atoms with Gasteiger partial charge in [0, 0.05) is 11.3 Å². The van der Waals surface area contributed by atoms with Crippen molar-refractivity contribution in [2.45, 2.75) is 121 Å². The Labute approximate surface area is 410 Å². The Bertz CT molecular complexity index is 2380. The van der Waals surface area contributed by atoms with E-state index in [1.165, 1.54) is 5.32 Å². The topological polar surface area (TPSA) is 151 Å². The van der Waals surface area contributed by atoms with Crippen LogP contribution in [0, 0.1) is 0 Å². The van der Waals surface area contributed by atoms with Crippen LogP contribution in [0.5, 0.6) is 0 Å². The molecule has 1 aromatic carbocycles. The highest BCUT2D eigenvalue weighted by Gasteiger charge is 2.92. The minimum absolute atomic E-state index is 0.103. The van der Waals surface area contributed by atoms with E-state index in [-0.39, 0.29) is 6.07 Å². The molecule has 0 saturated carbocycles. The summed E-state index contributed by atoms with van der Waals surface area (Å²) in [4.78, 5) is 11.5. The van der Waals surface area contributed by atoms with Gasteiger partial charge in [-0.15, -0.1) is 0 Å². The average molecular weight is 1310 g/mol. The fourth-order valence-electron chi connectivity index (χ4n) is 4.58. The zero-order chi connectivity index (χ0) is 65.7. The van der Waals surface area contributed by atoms with Gasteiger partial charge in [-0.05, 0) is 17.6 Å². The van der Waals surface area contributed by atoms with E-state index in [1.807, 2.05) is 4.74 Å². The van der Waals surface area contributed by atoms with E-state index in [0.717, 1.165) is 9.47 Å². The number of amides is 1. The number of nitrogens with two attached hydrogens (primary N) is 1. The van der Waals surface area contributed by atoms with Crippen LogP contribution in [-0.4, -0.2) is 145 Å². The van der Waals surface area contributed by atoms with Crippen molar-refractivity contribution in [3.8, 4) is 0 Å². The third-order valence-corrected chi connectivity index (χ3v) is 8.49. The second-order valence-electron chi connectivity index (χ2n) is 14.3. The summed E-state index contributed by atoms with van der Waals surface area (Å²) in [6, 6.07) is -1.99. The maximum atomic E-state index is 15.6. The normalized spacial score (nSPS) is 19.6. The van der Waals surface area contributed by atoms with Crippen LogP contribution in [-0.2, 0) is 39.1 Å². The van der Waals surface area contributed by atoms with E-state index in [2.05, 4.69) is 0 Å². The lowest BCUT2D eigenvalue weighted by Gasteiger charge is -2.45. The summed E-state index contributed by atoms with van der Waals surface area (Å²) in [7, 11) is -3.45. The van der Waals surface area contributed by atoms with Gasteiger partial charge in [0.1, 0.15) is 0 Å². The van der Waals surface area contributed by atoms with Gasteiger partial charge in [0.05, 0.1) is 6.54 Å². The number of rotatable bonds is 22. The third-order valence-electron chi connectivity index (χ3n) is 8.49. The minimum atomic E-state index is -9.94. The van der Waals surface area contributed by atoms with Gasteiger partial charge in [-0.1, -0.05) is 6.07 Å². The van der Waals surface area contributed by atoms with Crippen molar-refractivity contribution in [3.05, 3.63) is 23.8 Å². The molecule has 11 nitrogen and oxygen atoms in total. The maximum Gasteiger partial charge on any atom is 0.488 e. The molecular weight excluding hydrogens is 1300 g/mol. The van der Waals surface area contributed by atoms with Crippen molar-refractivity contribution in [3.63, 3.8) is 0 Å². The quantitative estimate of drug-likeness (QED) is 0.0653. The van der Waals surface area contributed by atoms with Crippen LogP contribution in [0.2, 0.25) is 0 Å². The van der Waals surface area contributed by atoms with Gasteiger partial charge in [0.25, 0.3) is 0 Å². The van der Waals surface area contributed by atoms with Gasteiger partial charge in [0.2, 0.25) is 5.91 Å². The number of halogens is 41. The highest BCUT2D eigenvalue weighted by atomic mass is 19.5. The van der Waals surface area contributed by atoms with Gasteiger partial charge in [-0.25, -0.2) is 0 Å². The van der Waals surface area contributed by atoms with Crippen molar-refractivity contribution >= 4 is 24.2 Å². The van der Waals surface area contributed by atoms with Crippen molar-refractivity contribution in [1.29, 1.82) is 0 Å². The Morgan fingerprint density at radius 2 is 0.617 bits per heavy atom. The molecule has 0 aromatic heterocycles. The van der Waals surface area contributed by atoms with Crippen molar-refractivity contribution < 1.29 is 223 Å². The molecule has 0 bridgehead atoms. The Hall–Kier alpha value is -4.48. The maximum absolute atomic E-state index is 15.6. The predicted molar refractivity (Wildman–Crippen MR) is 159 cm³/mol. The third kappa shape index (κ3) is 13.1. The molecule has 0 spiro atoms. The average Bonchev–Trinajstić information content (AvgIpc) is 3.19. The summed E-state index contributed by atoms with van der Waals surface area (Å²) in [6.07, 6.45) is -119. The molecule has 0 aliphatic rings. The van der Waals surface area contributed by atoms with Gasteiger partial charge in [-0.2, -0.15) is 180 Å². The predicted octanol–water partition coefficient (Wildman–Crippen LogP) is 10.9. The van der Waals surface area contributed by atoms with Crippen LogP contribution in [0.3, 0.4) is 0 Å². The van der Waals surface area contributed by atoms with E-state index in [4.69, 9.17) is 5.73 Å². The number of nitrogens with one attached hydrogen (secondary N) is 1. The highest BCUT2D eigenvalue weighted by molar-refractivity contribution is 6.58. The van der Waals surface area contributed by atoms with Crippen LogP contribution in [0.4, 0.5) is 186 Å². The highest BCUT2D eigenvalue weighted by Crippen LogP contribution is 2.64. The second kappa shape index (κ2) is 20.9. The number of hydrogen-bond donors (Lipinski definition) is 4. The zero-order valence-electron chi connectivity index (χ0n) is 35.3. The van der Waals surface area contributed by atoms with Crippen LogP contribution in [0.25, 0.3) is 0 Å². The molecule has 6 atom stereocenters. The Balaban J connectivity index is 4.39. The van der Waals surface area contributed by atoms with E-state index >= 15 is 26.3 Å². The lowest BCUT2D eigenvalue weighted by molar-refractivity contribution is -0.605. The first kappa shape index (κ1) is 74.5. The fraction of sp³-hybridized carbons (Fsp3) is 0.750. The van der Waals surface area contributed by atoms with Crippen molar-refractivity contribution in [2.24, 2.45) is 5.73 Å². The number of carbonyl (C=O) groups excluding carboxylic acids is 1. The first-order chi connectivity index (χ1) is 34.7. The van der Waals surface area contributed by atoms with Crippen molar-refractivity contribution in [2.75, 3.05) is 11.9 Å². The number of benzene rings is 1. The molecule has 0 aliphatic carbocycles. The standard InChI is InChI=1S/C28H10BF41N2O9/c30-9(16(38,39)40,5-1-6(29(74)75)3-7(2-5)72-8(73)4-71)76-24(61,62)11(33,18(44,45)46)78-26(65,66)13(35,20(50,51)52)80-28(69,70)15(37,22(56,57)58)81-27(67,68)14(36,21(53,54)55)79-25(63,64)12(34,19(47,48)49)77-23(59,60)10(31,32)17(41,42)43/h1-3,74-75H,4,71H2,(H,72,73). The van der Waals surface area contributed by atoms with Crippen LogP contribution in [0.15, 0.2) is 18.2 Å². The van der Waals surface area contributed by atoms with Crippen LogP contribution in [0.1, 0.15) is 5.56 Å². The van der Waals surface area contributed by atoms with Gasteiger partial charge in [-0.3, -0.25) is 33.2 Å². The van der Waals surface area contributed by atoms with Crippen LogP contribution < -0.4 is 16.5 Å². The summed E-state index contributed by atoms with van der Waals surface area (Å²) in [5, 5.41) is 19.6. The van der Waals surface area contributed by atoms with Gasteiger partial charge in [0.15, 0.2) is 0 Å². The number of carbonyl (C=O) groups is 1. The van der Waals surface area contributed by atoms with Crippen molar-refractivity contribution in [1.82, 2.24) is 0 Å². The number of hydrogen-bond acceptors (Lipinski definition) is 10. The SMILES string of the molecule is NCC(=O)Nc1cc(B(O)O)cc(C(F)(OC(F)(F)C(F)(OC(F)(F)C(F)(OC(F)(F)C(F)(OC(F)(F)C(F)(OC(F)(F)C(F)(OC(F)(F)C(F)(F)C(F)(F)F)C(F)(F)F)C(F)(F)F)C(F)(F)F)C(F)(F)F)C(F)(F)F)C(F)(F)F)c1. The molecule has 1 amide bonds. The molecule has 0 saturated heterocycles. The first-order valence-electron chi connectivity index (χ1n) is 17.7. The van der Waals surface area contributed by atoms with E-state index in [1.54, 1.807) is 0 Å². The molecular formula is C28H10BF41N2O9. The molecule has 5 N–H and O–H groups in total. The molecule has 81 heavy (non-hydrogen) atoms. The monoisotopic (exact) mass is 1310 g/mol. The molecule has 1 aromatic rings. The number of alkyl halides is 41. The van der Waals surface area contributed by atoms with E-state index in [0.29, 0.717) is 14.2 Å². The number of ether oxygens (including phenoxy) is 6. The molecule has 0 aliphatic heterocycles. The summed E-state index contributed by atoms with van der Waals surface area (Å²) < 4.78 is 578. The molecule has 53 heteroatoms. The summed E-state index contributed by atoms with van der Waals surface area (Å²) >= 11 is 0. The minimum Gasteiger partial charge on any atom is -0.423 e. The molecule has 0 fully saturated rings. The zero-order valence-corrected chi connectivity index (χ0v) is 35.3. The van der Waals surface area contributed by atoms with E-state index in [9.17, 15) is 169 Å². The molecule has 476 valence electrons. The Morgan fingerprint density at radius 3 is 0.827 bits per heavy atom. The fourth-order valence-corrected chi connectivity index (χ4v) is 4.58. The lowest BCUT2D eigenvalue weighted by atomic mass is 9.78. The lowest BCUT2D eigenvalue weighted by Crippen LogP contribution is -2.73. The summed E-state index contributed by atoms with van der Waals surface area (Å²) in [5.74, 6) is -66.1.